The highest BCUT2D eigenvalue weighted by Crippen LogP contribution is 2.66. The standard InChI is InChI=1S/C21H24O7/c1-12-6-8-20(18(24)26-2)14(17(22)23)4-3-5-16(20)21(12)10-15(28-19(21)25)13-7-9-27-11-13/h4,7,9,11-12,15-16H,3,5-6,8,10H2,1-2H3,(H,22,23)/t12-,15-,16+,20-,21-/m1/s1. The highest BCUT2D eigenvalue weighted by Gasteiger charge is 2.69. The number of carbonyl (C=O) groups excluding carboxylic acids is 2. The van der Waals surface area contributed by atoms with Crippen molar-refractivity contribution in [2.75, 3.05) is 7.11 Å². The molecule has 0 amide bonds. The van der Waals surface area contributed by atoms with Crippen molar-refractivity contribution >= 4 is 17.9 Å². The summed E-state index contributed by atoms with van der Waals surface area (Å²) in [5, 5.41) is 9.85. The molecule has 0 unspecified atom stereocenters. The van der Waals surface area contributed by atoms with Gasteiger partial charge in [0.1, 0.15) is 11.5 Å². The van der Waals surface area contributed by atoms with Crippen molar-refractivity contribution in [1.82, 2.24) is 0 Å². The summed E-state index contributed by atoms with van der Waals surface area (Å²) in [4.78, 5) is 38.3. The number of carboxylic acid groups (broad SMARTS) is 1. The number of carbonyl (C=O) groups is 3. The van der Waals surface area contributed by atoms with Gasteiger partial charge in [0, 0.05) is 12.0 Å². The molecule has 1 N–H and O–H groups in total. The first-order valence-electron chi connectivity index (χ1n) is 9.63. The van der Waals surface area contributed by atoms with E-state index in [1.54, 1.807) is 18.4 Å². The Balaban J connectivity index is 1.84. The zero-order valence-electron chi connectivity index (χ0n) is 16.0. The van der Waals surface area contributed by atoms with Crippen LogP contribution in [0.2, 0.25) is 0 Å². The molecule has 0 aromatic carbocycles. The average Bonchev–Trinajstić information content (AvgIpc) is 3.32. The molecule has 5 atom stereocenters. The van der Waals surface area contributed by atoms with E-state index in [2.05, 4.69) is 0 Å². The Hall–Kier alpha value is -2.57. The van der Waals surface area contributed by atoms with E-state index in [-0.39, 0.29) is 17.5 Å². The van der Waals surface area contributed by atoms with E-state index in [4.69, 9.17) is 13.9 Å². The van der Waals surface area contributed by atoms with E-state index in [1.807, 2.05) is 6.92 Å². The molecule has 2 heterocycles. The van der Waals surface area contributed by atoms with Crippen LogP contribution in [-0.2, 0) is 23.9 Å². The highest BCUT2D eigenvalue weighted by molar-refractivity contribution is 5.98. The lowest BCUT2D eigenvalue weighted by molar-refractivity contribution is -0.176. The molecular weight excluding hydrogens is 364 g/mol. The van der Waals surface area contributed by atoms with Gasteiger partial charge in [0.25, 0.3) is 0 Å². The van der Waals surface area contributed by atoms with E-state index in [1.165, 1.54) is 13.4 Å². The average molecular weight is 388 g/mol. The number of methoxy groups -OCH3 is 1. The van der Waals surface area contributed by atoms with Crippen LogP contribution in [0.3, 0.4) is 0 Å². The van der Waals surface area contributed by atoms with Crippen LogP contribution >= 0.6 is 0 Å². The molecule has 1 aromatic heterocycles. The van der Waals surface area contributed by atoms with Gasteiger partial charge >= 0.3 is 17.9 Å². The second-order valence-corrected chi connectivity index (χ2v) is 8.15. The maximum atomic E-state index is 13.3. The number of rotatable bonds is 3. The van der Waals surface area contributed by atoms with Gasteiger partial charge in [-0.1, -0.05) is 13.0 Å². The second-order valence-electron chi connectivity index (χ2n) is 8.15. The summed E-state index contributed by atoms with van der Waals surface area (Å²) in [7, 11) is 1.27. The molecule has 3 aliphatic rings. The molecule has 7 nitrogen and oxygen atoms in total. The normalized spacial score (nSPS) is 37.1. The van der Waals surface area contributed by atoms with Gasteiger partial charge in [-0.05, 0) is 43.6 Å². The van der Waals surface area contributed by atoms with Crippen LogP contribution in [0.5, 0.6) is 0 Å². The molecule has 1 saturated heterocycles. The molecule has 7 heteroatoms. The number of esters is 2. The van der Waals surface area contributed by atoms with Gasteiger partial charge in [-0.2, -0.15) is 0 Å². The first-order chi connectivity index (χ1) is 13.4. The molecule has 2 fully saturated rings. The predicted molar refractivity (Wildman–Crippen MR) is 95.9 cm³/mol. The van der Waals surface area contributed by atoms with Crippen LogP contribution in [-0.4, -0.2) is 30.1 Å². The minimum Gasteiger partial charge on any atom is -0.478 e. The van der Waals surface area contributed by atoms with Crippen LogP contribution in [0.4, 0.5) is 0 Å². The SMILES string of the molecule is COC(=O)[C@@]12CC[C@@H](C)[C@]3(C[C@H](c4ccoc4)OC3=O)[C@H]1CCC=C2C(=O)O. The number of carboxylic acids is 1. The topological polar surface area (TPSA) is 103 Å². The molecule has 1 aliphatic heterocycles. The summed E-state index contributed by atoms with van der Waals surface area (Å²) in [5.41, 5.74) is -1.42. The van der Waals surface area contributed by atoms with Gasteiger partial charge in [-0.15, -0.1) is 0 Å². The Kier molecular flexibility index (Phi) is 4.36. The smallest absolute Gasteiger partial charge is 0.332 e. The maximum Gasteiger partial charge on any atom is 0.332 e. The summed E-state index contributed by atoms with van der Waals surface area (Å²) >= 11 is 0. The van der Waals surface area contributed by atoms with Crippen LogP contribution in [0.15, 0.2) is 34.7 Å². The number of furan rings is 1. The molecule has 1 spiro atoms. The number of fused-ring (bicyclic) bond motifs is 2. The lowest BCUT2D eigenvalue weighted by Crippen LogP contribution is -2.58. The summed E-state index contributed by atoms with van der Waals surface area (Å²) in [6.07, 6.45) is 6.60. The van der Waals surface area contributed by atoms with Crippen LogP contribution in [0.1, 0.15) is 50.7 Å². The van der Waals surface area contributed by atoms with Gasteiger partial charge in [0.15, 0.2) is 0 Å². The number of hydrogen-bond donors (Lipinski definition) is 1. The molecule has 150 valence electrons. The fourth-order valence-corrected chi connectivity index (χ4v) is 5.88. The zero-order valence-corrected chi connectivity index (χ0v) is 16.0. The van der Waals surface area contributed by atoms with Crippen molar-refractivity contribution in [3.05, 3.63) is 35.8 Å². The summed E-state index contributed by atoms with van der Waals surface area (Å²) in [6, 6.07) is 1.77. The Labute approximate surface area is 162 Å². The van der Waals surface area contributed by atoms with Gasteiger partial charge in [-0.3, -0.25) is 9.59 Å². The molecular formula is C21H24O7. The second kappa shape index (κ2) is 6.50. The predicted octanol–water partition coefficient (Wildman–Crippen LogP) is 3.26. The fourth-order valence-electron chi connectivity index (χ4n) is 5.88. The van der Waals surface area contributed by atoms with E-state index >= 15 is 0 Å². The summed E-state index contributed by atoms with van der Waals surface area (Å²) in [5.74, 6) is -2.56. The van der Waals surface area contributed by atoms with Gasteiger partial charge in [0.2, 0.25) is 0 Å². The summed E-state index contributed by atoms with van der Waals surface area (Å²) in [6.45, 7) is 2.00. The lowest BCUT2D eigenvalue weighted by Gasteiger charge is -2.54. The van der Waals surface area contributed by atoms with Gasteiger partial charge < -0.3 is 19.0 Å². The van der Waals surface area contributed by atoms with Crippen LogP contribution in [0.25, 0.3) is 0 Å². The third-order valence-electron chi connectivity index (χ3n) is 7.20. The van der Waals surface area contributed by atoms with E-state index < -0.39 is 34.8 Å². The lowest BCUT2D eigenvalue weighted by atomic mass is 9.45. The Morgan fingerprint density at radius 1 is 1.32 bits per heavy atom. The van der Waals surface area contributed by atoms with Crippen molar-refractivity contribution in [1.29, 1.82) is 0 Å². The number of allylic oxidation sites excluding steroid dienone is 1. The van der Waals surface area contributed by atoms with E-state index in [0.29, 0.717) is 32.1 Å². The first kappa shape index (κ1) is 18.8. The number of hydrogen-bond acceptors (Lipinski definition) is 6. The molecule has 0 radical (unpaired) electrons. The molecule has 0 bridgehead atoms. The third kappa shape index (κ3) is 2.31. The van der Waals surface area contributed by atoms with Gasteiger partial charge in [0.05, 0.1) is 30.6 Å². The summed E-state index contributed by atoms with van der Waals surface area (Å²) < 4.78 is 16.0. The maximum absolute atomic E-state index is 13.3. The van der Waals surface area contributed by atoms with Crippen molar-refractivity contribution in [2.24, 2.45) is 22.7 Å². The number of ether oxygens (including phenoxy) is 2. The minimum atomic E-state index is -1.32. The quantitative estimate of drug-likeness (QED) is 0.793. The Bertz CT molecular complexity index is 839. The van der Waals surface area contributed by atoms with E-state index in [9.17, 15) is 19.5 Å². The van der Waals surface area contributed by atoms with Crippen molar-refractivity contribution in [3.8, 4) is 0 Å². The molecule has 1 saturated carbocycles. The minimum absolute atomic E-state index is 0.0344. The highest BCUT2D eigenvalue weighted by atomic mass is 16.6. The third-order valence-corrected chi connectivity index (χ3v) is 7.20. The molecule has 2 aliphatic carbocycles. The zero-order chi connectivity index (χ0) is 20.1. The van der Waals surface area contributed by atoms with E-state index in [0.717, 1.165) is 5.56 Å². The fraction of sp³-hybridized carbons (Fsp3) is 0.571. The number of cyclic esters (lactones) is 1. The number of aliphatic carboxylic acids is 1. The van der Waals surface area contributed by atoms with Crippen molar-refractivity contribution in [2.45, 2.75) is 45.1 Å². The van der Waals surface area contributed by atoms with Crippen molar-refractivity contribution < 1.29 is 33.4 Å². The first-order valence-corrected chi connectivity index (χ1v) is 9.63. The van der Waals surface area contributed by atoms with Crippen molar-refractivity contribution in [3.63, 3.8) is 0 Å². The van der Waals surface area contributed by atoms with Gasteiger partial charge in [-0.25, -0.2) is 4.79 Å². The Morgan fingerprint density at radius 2 is 2.11 bits per heavy atom. The molecule has 1 aromatic rings. The largest absolute Gasteiger partial charge is 0.478 e. The molecule has 28 heavy (non-hydrogen) atoms. The van der Waals surface area contributed by atoms with Crippen LogP contribution in [0, 0.1) is 22.7 Å². The monoisotopic (exact) mass is 388 g/mol. The molecule has 4 rings (SSSR count). The van der Waals surface area contributed by atoms with Crippen LogP contribution < -0.4 is 0 Å². The Morgan fingerprint density at radius 3 is 2.75 bits per heavy atom.